The summed E-state index contributed by atoms with van der Waals surface area (Å²) in [5, 5.41) is 5.56. The Morgan fingerprint density at radius 3 is 2.35 bits per heavy atom. The molecule has 40 heavy (non-hydrogen) atoms. The number of carbonyl (C=O) groups excluding carboxylic acids is 3. The van der Waals surface area contributed by atoms with Gasteiger partial charge in [0, 0.05) is 57.5 Å². The fraction of sp³-hybridized carbons (Fsp3) is 0.379. The lowest BCUT2D eigenvalue weighted by Crippen LogP contribution is -2.56. The largest absolute Gasteiger partial charge is 0.345 e. The number of benzene rings is 1. The highest BCUT2D eigenvalue weighted by atomic mass is 19.1. The Balaban J connectivity index is 1.31. The number of hydrogen-bond acceptors (Lipinski definition) is 5. The molecule has 0 bridgehead atoms. The SMILES string of the molecule is CC(=O)Nc1ccc(CNC(=O)c2ccc3n2CCN(Cc2c(F)cc(C(=O)N(C)C)cc2F)C32CCC2)nc1. The van der Waals surface area contributed by atoms with Gasteiger partial charge in [0.2, 0.25) is 5.91 Å². The summed E-state index contributed by atoms with van der Waals surface area (Å²) in [5.74, 6) is -2.36. The van der Waals surface area contributed by atoms with Crippen LogP contribution in [-0.2, 0) is 30.0 Å². The third-order valence-corrected chi connectivity index (χ3v) is 7.79. The Kier molecular flexibility index (Phi) is 7.41. The molecule has 0 atom stereocenters. The lowest BCUT2D eigenvalue weighted by molar-refractivity contribution is -0.114. The van der Waals surface area contributed by atoms with E-state index in [0.717, 1.165) is 37.1 Å². The molecular formula is C29H32F2N6O3. The van der Waals surface area contributed by atoms with Crippen molar-refractivity contribution >= 4 is 23.4 Å². The number of nitrogens with one attached hydrogen (secondary N) is 2. The van der Waals surface area contributed by atoms with Gasteiger partial charge in [-0.2, -0.15) is 0 Å². The van der Waals surface area contributed by atoms with Gasteiger partial charge in [0.25, 0.3) is 11.8 Å². The van der Waals surface area contributed by atoms with E-state index in [9.17, 15) is 14.4 Å². The molecule has 210 valence electrons. The minimum Gasteiger partial charge on any atom is -0.345 e. The van der Waals surface area contributed by atoms with Gasteiger partial charge in [-0.1, -0.05) is 0 Å². The number of halogens is 2. The van der Waals surface area contributed by atoms with E-state index < -0.39 is 23.1 Å². The number of carbonyl (C=O) groups is 3. The van der Waals surface area contributed by atoms with Crippen molar-refractivity contribution in [2.75, 3.05) is 26.0 Å². The second-order valence-electron chi connectivity index (χ2n) is 10.6. The quantitative estimate of drug-likeness (QED) is 0.468. The molecule has 1 fully saturated rings. The molecule has 1 aliphatic heterocycles. The molecule has 5 rings (SSSR count). The van der Waals surface area contributed by atoms with Crippen LogP contribution in [0.5, 0.6) is 0 Å². The summed E-state index contributed by atoms with van der Waals surface area (Å²) in [6, 6.07) is 9.40. The van der Waals surface area contributed by atoms with Crippen LogP contribution in [0.2, 0.25) is 0 Å². The van der Waals surface area contributed by atoms with Crippen molar-refractivity contribution in [3.63, 3.8) is 0 Å². The van der Waals surface area contributed by atoms with E-state index in [1.54, 1.807) is 18.2 Å². The third-order valence-electron chi connectivity index (χ3n) is 7.79. The van der Waals surface area contributed by atoms with Crippen molar-refractivity contribution in [1.82, 2.24) is 24.7 Å². The van der Waals surface area contributed by atoms with Crippen molar-refractivity contribution in [3.8, 4) is 0 Å². The standard InChI is InChI=1S/C29H32F2N6O3/c1-18(38)34-21-6-5-20(32-16-21)15-33-27(39)25-7-8-26-29(9-4-10-29)36(11-12-37(25)26)17-22-23(30)13-19(14-24(22)31)28(40)35(2)3/h5-8,13-14,16H,4,9-12,15,17H2,1-3H3,(H,33,39)(H,34,38). The first kappa shape index (κ1) is 27.4. The number of rotatable bonds is 7. The summed E-state index contributed by atoms with van der Waals surface area (Å²) in [6.07, 6.45) is 4.16. The van der Waals surface area contributed by atoms with Crippen molar-refractivity contribution in [2.24, 2.45) is 0 Å². The molecule has 0 saturated heterocycles. The molecule has 1 aromatic carbocycles. The van der Waals surface area contributed by atoms with Crippen molar-refractivity contribution in [1.29, 1.82) is 0 Å². The molecular weight excluding hydrogens is 518 g/mol. The van der Waals surface area contributed by atoms with E-state index in [1.807, 2.05) is 10.6 Å². The molecule has 2 aliphatic rings. The van der Waals surface area contributed by atoms with Gasteiger partial charge in [-0.25, -0.2) is 8.78 Å². The minimum absolute atomic E-state index is 0.0239. The summed E-state index contributed by atoms with van der Waals surface area (Å²) < 4.78 is 32.1. The minimum atomic E-state index is -0.737. The van der Waals surface area contributed by atoms with Gasteiger partial charge in [0.05, 0.1) is 29.7 Å². The number of pyridine rings is 1. The van der Waals surface area contributed by atoms with Crippen LogP contribution in [0, 0.1) is 11.6 Å². The van der Waals surface area contributed by atoms with Crippen LogP contribution in [-0.4, -0.2) is 57.7 Å². The monoisotopic (exact) mass is 550 g/mol. The number of fused-ring (bicyclic) bond motifs is 2. The van der Waals surface area contributed by atoms with Crippen LogP contribution < -0.4 is 10.6 Å². The molecule has 1 aliphatic carbocycles. The van der Waals surface area contributed by atoms with Crippen LogP contribution in [0.25, 0.3) is 0 Å². The van der Waals surface area contributed by atoms with Gasteiger partial charge in [-0.15, -0.1) is 0 Å². The normalized spacial score (nSPS) is 15.7. The third kappa shape index (κ3) is 5.08. The fourth-order valence-electron chi connectivity index (χ4n) is 5.62. The zero-order chi connectivity index (χ0) is 28.6. The van der Waals surface area contributed by atoms with E-state index in [-0.39, 0.29) is 36.0 Å². The molecule has 11 heteroatoms. The summed E-state index contributed by atoms with van der Waals surface area (Å²) in [7, 11) is 3.07. The average molecular weight is 551 g/mol. The molecule has 2 N–H and O–H groups in total. The molecule has 0 unspecified atom stereocenters. The maximum atomic E-state index is 15.1. The first-order chi connectivity index (χ1) is 19.1. The Hall–Kier alpha value is -4.12. The lowest BCUT2D eigenvalue weighted by Gasteiger charge is -2.53. The maximum absolute atomic E-state index is 15.1. The molecule has 3 heterocycles. The molecule has 2 aromatic heterocycles. The Bertz CT molecular complexity index is 1440. The van der Waals surface area contributed by atoms with Crippen LogP contribution in [0.15, 0.2) is 42.6 Å². The topological polar surface area (TPSA) is 99.6 Å². The van der Waals surface area contributed by atoms with Crippen LogP contribution >= 0.6 is 0 Å². The van der Waals surface area contributed by atoms with Gasteiger partial charge in [0.15, 0.2) is 0 Å². The molecule has 1 spiro atoms. The highest BCUT2D eigenvalue weighted by molar-refractivity contribution is 5.94. The number of anilines is 1. The zero-order valence-electron chi connectivity index (χ0n) is 22.8. The summed E-state index contributed by atoms with van der Waals surface area (Å²) >= 11 is 0. The van der Waals surface area contributed by atoms with E-state index in [4.69, 9.17) is 0 Å². The zero-order valence-corrected chi connectivity index (χ0v) is 22.8. The molecule has 3 aromatic rings. The number of aromatic nitrogens is 2. The van der Waals surface area contributed by atoms with Crippen LogP contribution in [0.4, 0.5) is 14.5 Å². The second-order valence-corrected chi connectivity index (χ2v) is 10.6. The molecule has 3 amide bonds. The summed E-state index contributed by atoms with van der Waals surface area (Å²) in [5.41, 5.74) is 2.23. The smallest absolute Gasteiger partial charge is 0.268 e. The van der Waals surface area contributed by atoms with Crippen LogP contribution in [0.3, 0.4) is 0 Å². The molecule has 9 nitrogen and oxygen atoms in total. The van der Waals surface area contributed by atoms with E-state index >= 15 is 8.78 Å². The van der Waals surface area contributed by atoms with Gasteiger partial charge in [-0.05, 0) is 55.7 Å². The van der Waals surface area contributed by atoms with E-state index in [1.165, 1.54) is 32.1 Å². The Morgan fingerprint density at radius 2 is 1.77 bits per heavy atom. The first-order valence-electron chi connectivity index (χ1n) is 13.2. The second kappa shape index (κ2) is 10.8. The van der Waals surface area contributed by atoms with E-state index in [2.05, 4.69) is 20.5 Å². The number of nitrogens with zero attached hydrogens (tertiary/aromatic N) is 4. The highest BCUT2D eigenvalue weighted by Gasteiger charge is 2.48. The molecule has 0 radical (unpaired) electrons. The number of hydrogen-bond donors (Lipinski definition) is 2. The highest BCUT2D eigenvalue weighted by Crippen LogP contribution is 2.49. The first-order valence-corrected chi connectivity index (χ1v) is 13.2. The molecule has 1 saturated carbocycles. The lowest BCUT2D eigenvalue weighted by atomic mass is 9.71. The van der Waals surface area contributed by atoms with Gasteiger partial charge < -0.3 is 20.1 Å². The van der Waals surface area contributed by atoms with E-state index in [0.29, 0.717) is 30.2 Å². The van der Waals surface area contributed by atoms with Gasteiger partial charge >= 0.3 is 0 Å². The summed E-state index contributed by atoms with van der Waals surface area (Å²) in [6.45, 7) is 2.73. The summed E-state index contributed by atoms with van der Waals surface area (Å²) in [4.78, 5) is 44.2. The maximum Gasteiger partial charge on any atom is 0.268 e. The predicted octanol–water partition coefficient (Wildman–Crippen LogP) is 3.65. The predicted molar refractivity (Wildman–Crippen MR) is 144 cm³/mol. The van der Waals surface area contributed by atoms with Gasteiger partial charge in [0.1, 0.15) is 17.3 Å². The van der Waals surface area contributed by atoms with Gasteiger partial charge in [-0.3, -0.25) is 24.3 Å². The van der Waals surface area contributed by atoms with Crippen molar-refractivity contribution in [2.45, 2.75) is 51.4 Å². The van der Waals surface area contributed by atoms with Crippen molar-refractivity contribution < 1.29 is 23.2 Å². The number of amides is 3. The van der Waals surface area contributed by atoms with Crippen molar-refractivity contribution in [3.05, 3.63) is 82.4 Å². The van der Waals surface area contributed by atoms with Crippen LogP contribution in [0.1, 0.15) is 64.0 Å². The average Bonchev–Trinajstić information content (AvgIpc) is 3.32. The fourth-order valence-corrected chi connectivity index (χ4v) is 5.62. The Morgan fingerprint density at radius 1 is 1.05 bits per heavy atom. The Labute approximate surface area is 231 Å².